The van der Waals surface area contributed by atoms with Crippen molar-refractivity contribution in [1.29, 1.82) is 0 Å². The molecule has 3 heterocycles. The van der Waals surface area contributed by atoms with Gasteiger partial charge in [0, 0.05) is 56.7 Å². The molecular formula is C18H27N7O. The fourth-order valence-electron chi connectivity index (χ4n) is 3.18. The summed E-state index contributed by atoms with van der Waals surface area (Å²) < 4.78 is 1.94. The number of rotatable bonds is 6. The number of carbonyl (C=O) groups excluding carboxylic acids is 1. The van der Waals surface area contributed by atoms with Crippen LogP contribution in [-0.4, -0.2) is 51.8 Å². The van der Waals surface area contributed by atoms with Gasteiger partial charge in [0.25, 0.3) is 5.91 Å². The van der Waals surface area contributed by atoms with Gasteiger partial charge in [-0.05, 0) is 33.3 Å². The largest absolute Gasteiger partial charge is 0.355 e. The number of amides is 1. The molecule has 0 aliphatic carbocycles. The molecule has 2 N–H and O–H groups in total. The van der Waals surface area contributed by atoms with Crippen LogP contribution >= 0.6 is 0 Å². The lowest BCUT2D eigenvalue weighted by Crippen LogP contribution is -2.33. The molecule has 0 radical (unpaired) electrons. The monoisotopic (exact) mass is 357 g/mol. The minimum absolute atomic E-state index is 0.229. The number of hydrogen-bond donors (Lipinski definition) is 2. The van der Waals surface area contributed by atoms with Gasteiger partial charge < -0.3 is 15.5 Å². The SMILES string of the molecule is CCn1ccc(CN[C@@H]2CCN(c3nc(C(=O)NC)nc(C)c3C)C2)n1. The molecule has 26 heavy (non-hydrogen) atoms. The van der Waals surface area contributed by atoms with Crippen LogP contribution < -0.4 is 15.5 Å². The molecular weight excluding hydrogens is 330 g/mol. The molecule has 1 aliphatic rings. The van der Waals surface area contributed by atoms with Crippen LogP contribution in [0.3, 0.4) is 0 Å². The number of nitrogens with one attached hydrogen (secondary N) is 2. The Morgan fingerprint density at radius 1 is 1.35 bits per heavy atom. The number of nitrogens with zero attached hydrogens (tertiary/aromatic N) is 5. The van der Waals surface area contributed by atoms with Crippen LogP contribution in [0, 0.1) is 13.8 Å². The zero-order chi connectivity index (χ0) is 18.7. The lowest BCUT2D eigenvalue weighted by atomic mass is 10.2. The first-order valence-electron chi connectivity index (χ1n) is 9.09. The van der Waals surface area contributed by atoms with E-state index in [0.29, 0.717) is 6.04 Å². The smallest absolute Gasteiger partial charge is 0.288 e. The summed E-state index contributed by atoms with van der Waals surface area (Å²) in [4.78, 5) is 23.0. The van der Waals surface area contributed by atoms with E-state index >= 15 is 0 Å². The normalized spacial score (nSPS) is 16.9. The first-order chi connectivity index (χ1) is 12.5. The summed E-state index contributed by atoms with van der Waals surface area (Å²) in [6.45, 7) is 9.43. The van der Waals surface area contributed by atoms with E-state index in [0.717, 1.165) is 55.4 Å². The summed E-state index contributed by atoms with van der Waals surface area (Å²) in [7, 11) is 1.59. The molecule has 2 aromatic heterocycles. The molecule has 0 unspecified atom stereocenters. The molecule has 1 aliphatic heterocycles. The lowest BCUT2D eigenvalue weighted by molar-refractivity contribution is 0.0952. The summed E-state index contributed by atoms with van der Waals surface area (Å²) in [5.41, 5.74) is 2.93. The second kappa shape index (κ2) is 7.82. The van der Waals surface area contributed by atoms with Crippen molar-refractivity contribution in [2.24, 2.45) is 0 Å². The maximum atomic E-state index is 11.9. The van der Waals surface area contributed by atoms with E-state index in [-0.39, 0.29) is 11.7 Å². The van der Waals surface area contributed by atoms with Crippen LogP contribution in [0.4, 0.5) is 5.82 Å². The Morgan fingerprint density at radius 2 is 2.15 bits per heavy atom. The third kappa shape index (κ3) is 3.85. The van der Waals surface area contributed by atoms with Crippen molar-refractivity contribution in [1.82, 2.24) is 30.4 Å². The molecule has 0 aromatic carbocycles. The van der Waals surface area contributed by atoms with Crippen LogP contribution in [0.15, 0.2) is 12.3 Å². The molecule has 2 aromatic rings. The highest BCUT2D eigenvalue weighted by molar-refractivity contribution is 5.90. The highest BCUT2D eigenvalue weighted by Gasteiger charge is 2.26. The predicted octanol–water partition coefficient (Wildman–Crippen LogP) is 1.04. The van der Waals surface area contributed by atoms with E-state index in [1.807, 2.05) is 24.7 Å². The van der Waals surface area contributed by atoms with E-state index in [9.17, 15) is 4.79 Å². The van der Waals surface area contributed by atoms with Gasteiger partial charge in [-0.1, -0.05) is 0 Å². The number of hydrogen-bond acceptors (Lipinski definition) is 6. The summed E-state index contributed by atoms with van der Waals surface area (Å²) in [6.07, 6.45) is 3.04. The standard InChI is InChI=1S/C18H27N7O/c1-5-25-9-7-14(23-25)10-20-15-6-8-24(11-15)17-12(2)13(3)21-16(22-17)18(26)19-4/h7,9,15,20H,5-6,8,10-11H2,1-4H3,(H,19,26)/t15-/m1/s1. The molecule has 8 heteroatoms. The van der Waals surface area contributed by atoms with Gasteiger partial charge in [0.1, 0.15) is 5.82 Å². The van der Waals surface area contributed by atoms with E-state index in [2.05, 4.69) is 43.6 Å². The zero-order valence-electron chi connectivity index (χ0n) is 15.9. The van der Waals surface area contributed by atoms with Gasteiger partial charge in [-0.15, -0.1) is 0 Å². The molecule has 0 bridgehead atoms. The van der Waals surface area contributed by atoms with Crippen LogP contribution in [0.1, 0.15) is 40.9 Å². The summed E-state index contributed by atoms with van der Waals surface area (Å²) in [5.74, 6) is 0.831. The fraction of sp³-hybridized carbons (Fsp3) is 0.556. The highest BCUT2D eigenvalue weighted by Crippen LogP contribution is 2.24. The summed E-state index contributed by atoms with van der Waals surface area (Å²) in [6, 6.07) is 2.43. The van der Waals surface area contributed by atoms with Crippen LogP contribution in [0.2, 0.25) is 0 Å². The van der Waals surface area contributed by atoms with E-state index in [4.69, 9.17) is 0 Å². The van der Waals surface area contributed by atoms with Crippen molar-refractivity contribution in [3.63, 3.8) is 0 Å². The van der Waals surface area contributed by atoms with Gasteiger partial charge in [-0.3, -0.25) is 9.48 Å². The minimum atomic E-state index is -0.255. The topological polar surface area (TPSA) is 88.0 Å². The van der Waals surface area contributed by atoms with Crippen molar-refractivity contribution in [3.05, 3.63) is 35.0 Å². The second-order valence-electron chi connectivity index (χ2n) is 6.64. The first kappa shape index (κ1) is 18.3. The maximum Gasteiger partial charge on any atom is 0.288 e. The molecule has 1 saturated heterocycles. The second-order valence-corrected chi connectivity index (χ2v) is 6.64. The Hall–Kier alpha value is -2.48. The minimum Gasteiger partial charge on any atom is -0.355 e. The van der Waals surface area contributed by atoms with Crippen LogP contribution in [0.25, 0.3) is 0 Å². The molecule has 140 valence electrons. The van der Waals surface area contributed by atoms with Crippen molar-refractivity contribution < 1.29 is 4.79 Å². The summed E-state index contributed by atoms with van der Waals surface area (Å²) >= 11 is 0. The number of carbonyl (C=O) groups is 1. The van der Waals surface area contributed by atoms with Gasteiger partial charge in [-0.2, -0.15) is 5.10 Å². The van der Waals surface area contributed by atoms with Gasteiger partial charge in [0.05, 0.1) is 5.69 Å². The van der Waals surface area contributed by atoms with Gasteiger partial charge in [0.2, 0.25) is 5.82 Å². The molecule has 8 nitrogen and oxygen atoms in total. The quantitative estimate of drug-likeness (QED) is 0.803. The maximum absolute atomic E-state index is 11.9. The van der Waals surface area contributed by atoms with Gasteiger partial charge in [-0.25, -0.2) is 9.97 Å². The van der Waals surface area contributed by atoms with Gasteiger partial charge >= 0.3 is 0 Å². The molecule has 0 spiro atoms. The lowest BCUT2D eigenvalue weighted by Gasteiger charge is -2.21. The average molecular weight is 357 g/mol. The number of aryl methyl sites for hydroxylation is 2. The van der Waals surface area contributed by atoms with Crippen molar-refractivity contribution in [2.45, 2.75) is 46.3 Å². The first-order valence-corrected chi connectivity index (χ1v) is 9.09. The number of aromatic nitrogens is 4. The Bertz CT molecular complexity index is 786. The summed E-state index contributed by atoms with van der Waals surface area (Å²) in [5, 5.41) is 10.7. The predicted molar refractivity (Wildman–Crippen MR) is 100 cm³/mol. The highest BCUT2D eigenvalue weighted by atomic mass is 16.2. The molecule has 1 atom stereocenters. The molecule has 3 rings (SSSR count). The third-order valence-electron chi connectivity index (χ3n) is 4.87. The van der Waals surface area contributed by atoms with E-state index in [1.165, 1.54) is 0 Å². The van der Waals surface area contributed by atoms with Gasteiger partial charge in [0.15, 0.2) is 0 Å². The molecule has 1 fully saturated rings. The molecule has 0 saturated carbocycles. The Balaban J connectivity index is 1.66. The number of anilines is 1. The van der Waals surface area contributed by atoms with Crippen molar-refractivity contribution in [2.75, 3.05) is 25.0 Å². The van der Waals surface area contributed by atoms with Crippen LogP contribution in [-0.2, 0) is 13.1 Å². The Labute approximate surface area is 154 Å². The zero-order valence-corrected chi connectivity index (χ0v) is 15.9. The van der Waals surface area contributed by atoms with Crippen LogP contribution in [0.5, 0.6) is 0 Å². The average Bonchev–Trinajstić information content (AvgIpc) is 3.30. The van der Waals surface area contributed by atoms with Crippen molar-refractivity contribution >= 4 is 11.7 Å². The Morgan fingerprint density at radius 3 is 2.85 bits per heavy atom. The Kier molecular flexibility index (Phi) is 5.51. The van der Waals surface area contributed by atoms with Crippen molar-refractivity contribution in [3.8, 4) is 0 Å². The van der Waals surface area contributed by atoms with E-state index < -0.39 is 0 Å². The fourth-order valence-corrected chi connectivity index (χ4v) is 3.18. The third-order valence-corrected chi connectivity index (χ3v) is 4.87. The molecule has 1 amide bonds. The van der Waals surface area contributed by atoms with E-state index in [1.54, 1.807) is 7.05 Å².